The lowest BCUT2D eigenvalue weighted by Crippen LogP contribution is -2.20. The minimum atomic E-state index is -0.526. The highest BCUT2D eigenvalue weighted by Gasteiger charge is 2.24. The fourth-order valence-corrected chi connectivity index (χ4v) is 3.34. The first-order chi connectivity index (χ1) is 13.9. The largest absolute Gasteiger partial charge is 0.366 e. The molecule has 0 spiro atoms. The summed E-state index contributed by atoms with van der Waals surface area (Å²) in [4.78, 5) is 37.2. The highest BCUT2D eigenvalue weighted by atomic mass is 35.5. The number of carbonyl (C=O) groups excluding carboxylic acids is 2. The van der Waals surface area contributed by atoms with Gasteiger partial charge in [-0.2, -0.15) is 0 Å². The molecular formula is C20H21ClN4O4. The summed E-state index contributed by atoms with van der Waals surface area (Å²) in [6, 6.07) is 9.17. The van der Waals surface area contributed by atoms with Gasteiger partial charge in [-0.15, -0.1) is 0 Å². The number of hydrogen-bond donors (Lipinski definition) is 2. The van der Waals surface area contributed by atoms with Crippen molar-refractivity contribution in [3.05, 3.63) is 57.1 Å². The molecule has 1 aliphatic heterocycles. The summed E-state index contributed by atoms with van der Waals surface area (Å²) < 4.78 is 0. The molecule has 0 unspecified atom stereocenters. The number of amides is 2. The molecule has 1 aliphatic rings. The Bertz CT molecular complexity index is 957. The monoisotopic (exact) mass is 416 g/mol. The third-order valence-corrected chi connectivity index (χ3v) is 5.03. The van der Waals surface area contributed by atoms with Gasteiger partial charge < -0.3 is 15.5 Å². The zero-order chi connectivity index (χ0) is 21.0. The average molecular weight is 417 g/mol. The van der Waals surface area contributed by atoms with E-state index >= 15 is 0 Å². The van der Waals surface area contributed by atoms with E-state index in [1.54, 1.807) is 37.3 Å². The van der Waals surface area contributed by atoms with Crippen molar-refractivity contribution in [2.75, 3.05) is 28.6 Å². The second-order valence-corrected chi connectivity index (χ2v) is 7.11. The van der Waals surface area contributed by atoms with E-state index in [4.69, 9.17) is 11.6 Å². The average Bonchev–Trinajstić information content (AvgIpc) is 3.24. The van der Waals surface area contributed by atoms with Gasteiger partial charge in [-0.3, -0.25) is 19.7 Å². The van der Waals surface area contributed by atoms with Gasteiger partial charge in [0.1, 0.15) is 5.69 Å². The number of rotatable bonds is 6. The molecule has 2 aromatic carbocycles. The Morgan fingerprint density at radius 1 is 1.14 bits per heavy atom. The van der Waals surface area contributed by atoms with Crippen molar-refractivity contribution in [1.29, 1.82) is 0 Å². The Balaban J connectivity index is 1.83. The number of nitrogens with one attached hydrogen (secondary N) is 2. The number of halogens is 1. The lowest BCUT2D eigenvalue weighted by molar-refractivity contribution is -0.384. The normalized spacial score (nSPS) is 13.2. The first-order valence-electron chi connectivity index (χ1n) is 9.33. The number of carbonyl (C=O) groups is 2. The summed E-state index contributed by atoms with van der Waals surface area (Å²) in [5, 5.41) is 17.2. The van der Waals surface area contributed by atoms with Crippen LogP contribution in [-0.2, 0) is 4.79 Å². The molecular weight excluding hydrogens is 396 g/mol. The number of benzene rings is 2. The van der Waals surface area contributed by atoms with Crippen LogP contribution >= 0.6 is 11.6 Å². The third-order valence-electron chi connectivity index (χ3n) is 4.70. The molecule has 29 heavy (non-hydrogen) atoms. The van der Waals surface area contributed by atoms with E-state index in [9.17, 15) is 19.7 Å². The summed E-state index contributed by atoms with van der Waals surface area (Å²) >= 11 is 6.15. The molecule has 1 heterocycles. The van der Waals surface area contributed by atoms with Crippen molar-refractivity contribution < 1.29 is 14.5 Å². The minimum Gasteiger partial charge on any atom is -0.366 e. The topological polar surface area (TPSA) is 105 Å². The maximum absolute atomic E-state index is 12.7. The zero-order valence-corrected chi connectivity index (χ0v) is 16.7. The number of nitro groups is 1. The molecule has 9 heteroatoms. The summed E-state index contributed by atoms with van der Waals surface area (Å²) in [6.45, 7) is 3.25. The fourth-order valence-electron chi connectivity index (χ4n) is 3.18. The van der Waals surface area contributed by atoms with Crippen molar-refractivity contribution in [3.63, 3.8) is 0 Å². The van der Waals surface area contributed by atoms with Crippen LogP contribution in [0.3, 0.4) is 0 Å². The van der Waals surface area contributed by atoms with Crippen molar-refractivity contribution in [3.8, 4) is 0 Å². The summed E-state index contributed by atoms with van der Waals surface area (Å²) in [7, 11) is 0. The maximum atomic E-state index is 12.7. The lowest BCUT2D eigenvalue weighted by atomic mass is 10.1. The summed E-state index contributed by atoms with van der Waals surface area (Å²) in [6.07, 6.45) is 2.29. The number of nitro benzene ring substituents is 1. The fraction of sp³-hybridized carbons (Fsp3) is 0.300. The van der Waals surface area contributed by atoms with Gasteiger partial charge in [0.05, 0.1) is 15.6 Å². The molecule has 0 atom stereocenters. The molecule has 2 aromatic rings. The van der Waals surface area contributed by atoms with E-state index in [1.807, 2.05) is 4.90 Å². The van der Waals surface area contributed by atoms with Crippen molar-refractivity contribution in [2.24, 2.45) is 0 Å². The van der Waals surface area contributed by atoms with Crippen LogP contribution in [0.4, 0.5) is 22.7 Å². The van der Waals surface area contributed by atoms with E-state index < -0.39 is 10.8 Å². The Morgan fingerprint density at radius 2 is 1.86 bits per heavy atom. The predicted octanol–water partition coefficient (Wildman–Crippen LogP) is 4.45. The molecule has 2 amide bonds. The number of nitrogens with zero attached hydrogens (tertiary/aromatic N) is 2. The Hall–Kier alpha value is -3.13. The highest BCUT2D eigenvalue weighted by Crippen LogP contribution is 2.32. The molecule has 3 rings (SSSR count). The minimum absolute atomic E-state index is 0.102. The first-order valence-corrected chi connectivity index (χ1v) is 9.71. The summed E-state index contributed by atoms with van der Waals surface area (Å²) in [5.74, 6) is -0.695. The van der Waals surface area contributed by atoms with Gasteiger partial charge in [-0.25, -0.2) is 0 Å². The molecule has 1 saturated heterocycles. The van der Waals surface area contributed by atoms with Gasteiger partial charge in [0, 0.05) is 36.8 Å². The Labute approximate surface area is 173 Å². The lowest BCUT2D eigenvalue weighted by Gasteiger charge is -2.18. The van der Waals surface area contributed by atoms with Crippen LogP contribution in [0.2, 0.25) is 5.02 Å². The standard InChI is InChI=1S/C20H21ClN4O4/c1-2-19(26)22-14-6-7-15(21)16(12-14)23-20(27)13-5-8-17(18(11-13)25(28)29)24-9-3-4-10-24/h5-8,11-12H,2-4,9-10H2,1H3,(H,22,26)(H,23,27). The molecule has 1 fully saturated rings. The smallest absolute Gasteiger partial charge is 0.293 e. The van der Waals surface area contributed by atoms with Crippen LogP contribution in [-0.4, -0.2) is 29.8 Å². The molecule has 2 N–H and O–H groups in total. The number of anilines is 3. The molecule has 8 nitrogen and oxygen atoms in total. The Kier molecular flexibility index (Phi) is 6.33. The molecule has 152 valence electrons. The van der Waals surface area contributed by atoms with E-state index in [-0.39, 0.29) is 22.2 Å². The molecule has 0 aromatic heterocycles. The van der Waals surface area contributed by atoms with Crippen LogP contribution in [0.5, 0.6) is 0 Å². The van der Waals surface area contributed by atoms with Gasteiger partial charge in [0.2, 0.25) is 5.91 Å². The zero-order valence-electron chi connectivity index (χ0n) is 15.9. The quantitative estimate of drug-likeness (QED) is 0.534. The van der Waals surface area contributed by atoms with Crippen molar-refractivity contribution >= 4 is 46.2 Å². The Morgan fingerprint density at radius 3 is 2.52 bits per heavy atom. The highest BCUT2D eigenvalue weighted by molar-refractivity contribution is 6.34. The van der Waals surface area contributed by atoms with E-state index in [0.717, 1.165) is 25.9 Å². The first kappa shape index (κ1) is 20.6. The second-order valence-electron chi connectivity index (χ2n) is 6.71. The molecule has 0 radical (unpaired) electrons. The van der Waals surface area contributed by atoms with Gasteiger partial charge in [0.25, 0.3) is 11.6 Å². The van der Waals surface area contributed by atoms with E-state index in [0.29, 0.717) is 23.5 Å². The van der Waals surface area contributed by atoms with Crippen LogP contribution < -0.4 is 15.5 Å². The third kappa shape index (κ3) is 4.83. The van der Waals surface area contributed by atoms with Gasteiger partial charge >= 0.3 is 0 Å². The van der Waals surface area contributed by atoms with E-state index in [2.05, 4.69) is 10.6 Å². The summed E-state index contributed by atoms with van der Waals surface area (Å²) in [5.41, 5.74) is 1.36. The molecule has 0 bridgehead atoms. The van der Waals surface area contributed by atoms with Crippen LogP contribution in [0.15, 0.2) is 36.4 Å². The van der Waals surface area contributed by atoms with Crippen molar-refractivity contribution in [1.82, 2.24) is 0 Å². The second kappa shape index (κ2) is 8.91. The van der Waals surface area contributed by atoms with Gasteiger partial charge in [-0.05, 0) is 43.2 Å². The molecule has 0 aliphatic carbocycles. The predicted molar refractivity (Wildman–Crippen MR) is 113 cm³/mol. The van der Waals surface area contributed by atoms with Crippen LogP contribution in [0, 0.1) is 10.1 Å². The van der Waals surface area contributed by atoms with Crippen LogP contribution in [0.1, 0.15) is 36.5 Å². The number of hydrogen-bond acceptors (Lipinski definition) is 5. The van der Waals surface area contributed by atoms with E-state index in [1.165, 1.54) is 6.07 Å². The SMILES string of the molecule is CCC(=O)Nc1ccc(Cl)c(NC(=O)c2ccc(N3CCCC3)c([N+](=O)[O-])c2)c1. The maximum Gasteiger partial charge on any atom is 0.293 e. The molecule has 0 saturated carbocycles. The van der Waals surface area contributed by atoms with Gasteiger partial charge in [-0.1, -0.05) is 18.5 Å². The van der Waals surface area contributed by atoms with Crippen molar-refractivity contribution in [2.45, 2.75) is 26.2 Å². The van der Waals surface area contributed by atoms with Gasteiger partial charge in [0.15, 0.2) is 0 Å². The van der Waals surface area contributed by atoms with Crippen LogP contribution in [0.25, 0.3) is 0 Å².